The normalized spacial score (nSPS) is 12.0. The molecule has 0 atom stereocenters. The molecule has 3 aromatic rings. The first kappa shape index (κ1) is 26.5. The molecule has 0 unspecified atom stereocenters. The summed E-state index contributed by atoms with van der Waals surface area (Å²) < 4.78 is 42.4. The number of non-ortho nitro benzene ring substituents is 1. The van der Waals surface area contributed by atoms with Crippen molar-refractivity contribution in [3.8, 4) is 5.75 Å². The zero-order valence-corrected chi connectivity index (χ0v) is 19.1. The number of benzene rings is 3. The van der Waals surface area contributed by atoms with Gasteiger partial charge in [-0.3, -0.25) is 14.7 Å². The van der Waals surface area contributed by atoms with Crippen LogP contribution in [-0.2, 0) is 28.9 Å². The maximum absolute atomic E-state index is 12.0. The molecule has 0 aromatic heterocycles. The third-order valence-electron chi connectivity index (χ3n) is 4.17. The average Bonchev–Trinajstić information content (AvgIpc) is 2.79. The molecule has 3 aromatic carbocycles. The van der Waals surface area contributed by atoms with Crippen LogP contribution < -0.4 is 5.73 Å². The summed E-state index contributed by atoms with van der Waals surface area (Å²) in [6.07, 6.45) is 0. The Morgan fingerprint density at radius 3 is 2.34 bits per heavy atom. The first-order valence-corrected chi connectivity index (χ1v) is 11.6. The third-order valence-corrected chi connectivity index (χ3v) is 6.23. The highest BCUT2D eigenvalue weighted by molar-refractivity contribution is 7.94. The van der Waals surface area contributed by atoms with Gasteiger partial charge in [0.1, 0.15) is 22.0 Å². The summed E-state index contributed by atoms with van der Waals surface area (Å²) in [6, 6.07) is 6.63. The van der Waals surface area contributed by atoms with E-state index >= 15 is 0 Å². The van der Waals surface area contributed by atoms with Crippen LogP contribution in [0, 0.1) is 10.1 Å². The highest BCUT2D eigenvalue weighted by atomic mass is 32.2. The average molecular weight is 548 g/mol. The van der Waals surface area contributed by atoms with Crippen LogP contribution in [0.25, 0.3) is 10.8 Å². The van der Waals surface area contributed by atoms with E-state index in [9.17, 15) is 28.2 Å². The fraction of sp³-hybridized carbons (Fsp3) is 0. The SMILES string of the molecule is Nc1c(N=Nc2ccc([N+](=O)[O-])cc2SOOO)c(S(=O)(=O)O)cc2cc(SOOO)cc(O)c12. The monoisotopic (exact) mass is 548 g/mol. The lowest BCUT2D eigenvalue weighted by Gasteiger charge is -2.12. The number of azo groups is 1. The lowest BCUT2D eigenvalue weighted by molar-refractivity contribution is -0.432. The fourth-order valence-electron chi connectivity index (χ4n) is 2.81. The molecular formula is C16H12N4O12S3. The number of hydrogen-bond acceptors (Lipinski definition) is 16. The number of aromatic hydroxyl groups is 1. The molecule has 0 aliphatic heterocycles. The maximum Gasteiger partial charge on any atom is 0.296 e. The number of anilines is 1. The van der Waals surface area contributed by atoms with Gasteiger partial charge in [-0.15, -0.1) is 18.9 Å². The Balaban J connectivity index is 2.19. The van der Waals surface area contributed by atoms with Crippen LogP contribution in [0.4, 0.5) is 22.7 Å². The van der Waals surface area contributed by atoms with Gasteiger partial charge in [0.15, 0.2) is 0 Å². The van der Waals surface area contributed by atoms with Crippen molar-refractivity contribution < 1.29 is 52.3 Å². The highest BCUT2D eigenvalue weighted by Crippen LogP contribution is 2.44. The molecule has 0 spiro atoms. The number of nitrogen functional groups attached to an aromatic ring is 1. The first-order valence-electron chi connectivity index (χ1n) is 8.63. The van der Waals surface area contributed by atoms with E-state index in [1.807, 2.05) is 0 Å². The summed E-state index contributed by atoms with van der Waals surface area (Å²) >= 11 is 0.804. The van der Waals surface area contributed by atoms with Crippen molar-refractivity contribution in [2.75, 3.05) is 5.73 Å². The minimum absolute atomic E-state index is 0.0400. The number of fused-ring (bicyclic) bond motifs is 1. The number of nitrogens with zero attached hydrogens (tertiary/aromatic N) is 3. The number of nitro groups is 1. The predicted octanol–water partition coefficient (Wildman–Crippen LogP) is 4.55. The second-order valence-corrected chi connectivity index (χ2v) is 9.12. The lowest BCUT2D eigenvalue weighted by atomic mass is 10.1. The van der Waals surface area contributed by atoms with Gasteiger partial charge in [-0.2, -0.15) is 8.42 Å². The molecule has 0 amide bonds. The molecule has 3 rings (SSSR count). The molecule has 0 aliphatic rings. The molecule has 0 saturated carbocycles. The van der Waals surface area contributed by atoms with Crippen molar-refractivity contribution in [3.05, 3.63) is 46.5 Å². The highest BCUT2D eigenvalue weighted by Gasteiger charge is 2.23. The zero-order valence-electron chi connectivity index (χ0n) is 16.7. The molecular weight excluding hydrogens is 536 g/mol. The molecule has 186 valence electrons. The maximum atomic E-state index is 12.0. The number of nitrogens with two attached hydrogens (primary N) is 1. The molecule has 0 aliphatic carbocycles. The van der Waals surface area contributed by atoms with Crippen molar-refractivity contribution in [1.82, 2.24) is 0 Å². The van der Waals surface area contributed by atoms with Crippen molar-refractivity contribution in [3.63, 3.8) is 0 Å². The molecule has 19 heteroatoms. The Bertz CT molecular complexity index is 1420. The topological polar surface area (TPSA) is 246 Å². The number of hydrogen-bond donors (Lipinski definition) is 5. The Labute approximate surface area is 202 Å². The van der Waals surface area contributed by atoms with E-state index in [0.29, 0.717) is 24.1 Å². The number of phenols is 1. The quantitative estimate of drug-likeness (QED) is 0.0443. The Kier molecular flexibility index (Phi) is 8.39. The van der Waals surface area contributed by atoms with Crippen LogP contribution in [0.3, 0.4) is 0 Å². The molecule has 16 nitrogen and oxygen atoms in total. The second kappa shape index (κ2) is 11.1. The largest absolute Gasteiger partial charge is 0.507 e. The van der Waals surface area contributed by atoms with Crippen LogP contribution >= 0.6 is 24.1 Å². The summed E-state index contributed by atoms with van der Waals surface area (Å²) in [4.78, 5) is 9.62. The molecule has 0 fully saturated rings. The molecule has 0 radical (unpaired) electrons. The first-order chi connectivity index (χ1) is 16.6. The van der Waals surface area contributed by atoms with E-state index in [1.54, 1.807) is 0 Å². The van der Waals surface area contributed by atoms with Crippen LogP contribution in [0.2, 0.25) is 0 Å². The number of nitro benzene ring substituents is 1. The predicted molar refractivity (Wildman–Crippen MR) is 118 cm³/mol. The summed E-state index contributed by atoms with van der Waals surface area (Å²) in [6.45, 7) is 0. The fourth-order valence-corrected chi connectivity index (χ4v) is 4.40. The third kappa shape index (κ3) is 6.12. The van der Waals surface area contributed by atoms with Crippen molar-refractivity contribution >= 4 is 67.7 Å². The minimum atomic E-state index is -4.93. The number of phenolic OH excluding ortho intramolecular Hbond substituents is 1. The van der Waals surface area contributed by atoms with Crippen molar-refractivity contribution in [2.24, 2.45) is 10.2 Å². The summed E-state index contributed by atoms with van der Waals surface area (Å²) in [5.41, 5.74) is 4.63. The van der Waals surface area contributed by atoms with Crippen molar-refractivity contribution in [2.45, 2.75) is 14.7 Å². The van der Waals surface area contributed by atoms with Gasteiger partial charge < -0.3 is 10.8 Å². The van der Waals surface area contributed by atoms with Gasteiger partial charge in [0, 0.05) is 22.4 Å². The van der Waals surface area contributed by atoms with E-state index in [1.165, 1.54) is 6.07 Å². The molecule has 0 heterocycles. The second-order valence-electron chi connectivity index (χ2n) is 6.21. The van der Waals surface area contributed by atoms with E-state index < -0.39 is 37.1 Å². The Morgan fingerprint density at radius 1 is 1.03 bits per heavy atom. The van der Waals surface area contributed by atoms with Crippen LogP contribution in [0.5, 0.6) is 5.75 Å². The summed E-state index contributed by atoms with van der Waals surface area (Å²) in [5.74, 6) is -0.442. The van der Waals surface area contributed by atoms with Gasteiger partial charge in [-0.05, 0) is 29.7 Å². The van der Waals surface area contributed by atoms with Gasteiger partial charge in [0.2, 0.25) is 0 Å². The lowest BCUT2D eigenvalue weighted by Crippen LogP contribution is -2.02. The van der Waals surface area contributed by atoms with E-state index in [0.717, 1.165) is 30.3 Å². The van der Waals surface area contributed by atoms with Crippen molar-refractivity contribution in [1.29, 1.82) is 0 Å². The van der Waals surface area contributed by atoms with E-state index in [-0.39, 0.29) is 31.9 Å². The molecule has 6 N–H and O–H groups in total. The van der Waals surface area contributed by atoms with Gasteiger partial charge in [0.05, 0.1) is 39.6 Å². The minimum Gasteiger partial charge on any atom is -0.507 e. The van der Waals surface area contributed by atoms with Crippen LogP contribution in [-0.4, -0.2) is 33.5 Å². The molecule has 0 bridgehead atoms. The zero-order chi connectivity index (χ0) is 25.8. The Hall–Kier alpha value is -3.11. The number of rotatable bonds is 10. The Morgan fingerprint density at radius 2 is 1.71 bits per heavy atom. The molecule has 0 saturated heterocycles. The van der Waals surface area contributed by atoms with Crippen LogP contribution in [0.1, 0.15) is 0 Å². The standard InChI is InChI=1S/C16H12N4O12S3/c17-15-14-7(3-9(6-11(14)21)33-31-29-24)4-13(35(26,27)28)16(15)19-18-10-2-1-8(20(22)23)5-12(10)34-32-30-25/h1-6,21,24-25H,17H2,(H,26,27,28). The smallest absolute Gasteiger partial charge is 0.296 e. The summed E-state index contributed by atoms with van der Waals surface area (Å²) in [5, 5.41) is 52.6. The van der Waals surface area contributed by atoms with E-state index in [2.05, 4.69) is 29.0 Å². The molecule has 35 heavy (non-hydrogen) atoms. The van der Waals surface area contributed by atoms with Crippen LogP contribution in [0.15, 0.2) is 61.3 Å². The van der Waals surface area contributed by atoms with Gasteiger partial charge in [-0.1, -0.05) is 10.1 Å². The van der Waals surface area contributed by atoms with Gasteiger partial charge in [0.25, 0.3) is 15.8 Å². The van der Waals surface area contributed by atoms with E-state index in [4.69, 9.17) is 16.2 Å². The van der Waals surface area contributed by atoms with Gasteiger partial charge >= 0.3 is 0 Å². The summed E-state index contributed by atoms with van der Waals surface area (Å²) in [7, 11) is -4.93. The van der Waals surface area contributed by atoms with Gasteiger partial charge in [-0.25, -0.2) is 10.5 Å².